The van der Waals surface area contributed by atoms with Crippen molar-refractivity contribution in [1.82, 2.24) is 0 Å². The second-order valence-electron chi connectivity index (χ2n) is 8.69. The van der Waals surface area contributed by atoms with Gasteiger partial charge in [-0.25, -0.2) is 4.79 Å². The number of carboxylic acid groups (broad SMARTS) is 1. The topological polar surface area (TPSA) is 116 Å². The second-order valence-corrected chi connectivity index (χ2v) is 8.69. The van der Waals surface area contributed by atoms with Crippen LogP contribution in [0.15, 0.2) is 35.6 Å². The molecule has 2 aliphatic rings. The van der Waals surface area contributed by atoms with Gasteiger partial charge in [0.2, 0.25) is 6.29 Å². The van der Waals surface area contributed by atoms with Crippen molar-refractivity contribution in [3.63, 3.8) is 0 Å². The van der Waals surface area contributed by atoms with Gasteiger partial charge >= 0.3 is 17.9 Å². The van der Waals surface area contributed by atoms with Crippen LogP contribution < -0.4 is 0 Å². The molecule has 1 aliphatic heterocycles. The molecule has 0 aromatic rings. The molecule has 0 fully saturated rings. The fraction of sp³-hybridized carbons (Fsp3) is 0.583. The van der Waals surface area contributed by atoms with E-state index in [2.05, 4.69) is 6.58 Å². The number of allylic oxidation sites excluding steroid dienone is 1. The molecule has 0 bridgehead atoms. The molecule has 2 rings (SSSR count). The summed E-state index contributed by atoms with van der Waals surface area (Å²) in [7, 11) is 0. The first-order valence-corrected chi connectivity index (χ1v) is 10.8. The molecule has 1 heterocycles. The lowest BCUT2D eigenvalue weighted by molar-refractivity contribution is -0.181. The number of Topliss-reactive ketones (excluding diaryl/α,β-unsaturated/α-hetero) is 1. The lowest BCUT2D eigenvalue weighted by Crippen LogP contribution is -2.43. The van der Waals surface area contributed by atoms with Gasteiger partial charge in [-0.2, -0.15) is 0 Å². The third kappa shape index (κ3) is 6.55. The number of ketones is 1. The summed E-state index contributed by atoms with van der Waals surface area (Å²) >= 11 is 0. The Bertz CT molecular complexity index is 835. The van der Waals surface area contributed by atoms with Crippen LogP contribution in [0.1, 0.15) is 59.8 Å². The highest BCUT2D eigenvalue weighted by atomic mass is 16.7. The normalized spacial score (nSPS) is 24.4. The van der Waals surface area contributed by atoms with E-state index >= 15 is 0 Å². The highest BCUT2D eigenvalue weighted by Gasteiger charge is 2.45. The first-order valence-electron chi connectivity index (χ1n) is 10.8. The zero-order valence-electron chi connectivity index (χ0n) is 19.1. The van der Waals surface area contributed by atoms with Gasteiger partial charge in [0.1, 0.15) is 0 Å². The average Bonchev–Trinajstić information content (AvgIpc) is 2.75. The Labute approximate surface area is 188 Å². The third-order valence-corrected chi connectivity index (χ3v) is 5.59. The summed E-state index contributed by atoms with van der Waals surface area (Å²) in [6.45, 7) is 10.4. The number of esters is 2. The number of aliphatic carboxylic acids is 1. The molecule has 1 N–H and O–H groups in total. The van der Waals surface area contributed by atoms with Gasteiger partial charge in [0.05, 0.1) is 12.2 Å². The van der Waals surface area contributed by atoms with Gasteiger partial charge in [-0.15, -0.1) is 0 Å². The summed E-state index contributed by atoms with van der Waals surface area (Å²) in [6.07, 6.45) is 2.57. The second kappa shape index (κ2) is 11.1. The summed E-state index contributed by atoms with van der Waals surface area (Å²) in [5, 5.41) is 9.54. The number of carbonyl (C=O) groups excluding carboxylic acids is 3. The van der Waals surface area contributed by atoms with Gasteiger partial charge in [0.25, 0.3) is 0 Å². The molecule has 0 saturated carbocycles. The number of rotatable bonds is 7. The number of hydrogen-bond acceptors (Lipinski definition) is 7. The summed E-state index contributed by atoms with van der Waals surface area (Å²) < 4.78 is 16.5. The molecule has 4 unspecified atom stereocenters. The van der Waals surface area contributed by atoms with Gasteiger partial charge in [0, 0.05) is 37.3 Å². The molecule has 0 aromatic carbocycles. The van der Waals surface area contributed by atoms with Gasteiger partial charge in [-0.05, 0) is 31.6 Å². The van der Waals surface area contributed by atoms with Crippen LogP contribution >= 0.6 is 0 Å². The van der Waals surface area contributed by atoms with Crippen molar-refractivity contribution in [3.05, 3.63) is 35.6 Å². The van der Waals surface area contributed by atoms with Crippen LogP contribution in [-0.2, 0) is 33.4 Å². The molecule has 0 spiro atoms. The molecule has 0 radical (unpaired) electrons. The van der Waals surface area contributed by atoms with E-state index in [1.54, 1.807) is 6.08 Å². The standard InChI is InChI=1S/C24H32O8/c1-13(2)11-20(27)22(31-15(4)25)19-12-30-24(32-16(5)26)21-14(3)7-6-8-17(23(28)29)9-10-18(19)21/h8,12-13,18,21-22,24H,3,6-7,9-11H2,1-2,4-5H3,(H,28,29). The maximum atomic E-state index is 13.0. The summed E-state index contributed by atoms with van der Waals surface area (Å²) in [4.78, 5) is 48.2. The molecule has 4 atom stereocenters. The molecule has 8 nitrogen and oxygen atoms in total. The zero-order valence-corrected chi connectivity index (χ0v) is 19.1. The Hall–Kier alpha value is -2.90. The van der Waals surface area contributed by atoms with E-state index < -0.39 is 42.1 Å². The van der Waals surface area contributed by atoms with E-state index in [1.165, 1.54) is 20.1 Å². The van der Waals surface area contributed by atoms with Gasteiger partial charge in [-0.3, -0.25) is 14.4 Å². The predicted molar refractivity (Wildman–Crippen MR) is 115 cm³/mol. The minimum absolute atomic E-state index is 0.0484. The van der Waals surface area contributed by atoms with Crippen LogP contribution in [0.2, 0.25) is 0 Å². The molecular formula is C24H32O8. The fourth-order valence-electron chi connectivity index (χ4n) is 4.26. The maximum absolute atomic E-state index is 13.0. The van der Waals surface area contributed by atoms with Crippen molar-refractivity contribution in [3.8, 4) is 0 Å². The fourth-order valence-corrected chi connectivity index (χ4v) is 4.26. The summed E-state index contributed by atoms with van der Waals surface area (Å²) in [5.74, 6) is -3.33. The van der Waals surface area contributed by atoms with Crippen LogP contribution in [0.5, 0.6) is 0 Å². The lowest BCUT2D eigenvalue weighted by atomic mass is 9.74. The van der Waals surface area contributed by atoms with Crippen molar-refractivity contribution in [2.45, 2.75) is 72.2 Å². The lowest BCUT2D eigenvalue weighted by Gasteiger charge is -2.40. The minimum Gasteiger partial charge on any atom is -0.478 e. The quantitative estimate of drug-likeness (QED) is 0.463. The number of fused-ring (bicyclic) bond motifs is 1. The molecular weight excluding hydrogens is 416 g/mol. The van der Waals surface area contributed by atoms with Crippen LogP contribution in [0.25, 0.3) is 0 Å². The number of ether oxygens (including phenoxy) is 3. The Morgan fingerprint density at radius 3 is 2.44 bits per heavy atom. The van der Waals surface area contributed by atoms with Crippen molar-refractivity contribution < 1.29 is 38.5 Å². The first-order chi connectivity index (χ1) is 15.0. The van der Waals surface area contributed by atoms with Crippen molar-refractivity contribution in [2.24, 2.45) is 17.8 Å². The Balaban J connectivity index is 2.52. The highest BCUT2D eigenvalue weighted by Crippen LogP contribution is 2.43. The van der Waals surface area contributed by atoms with Gasteiger partial charge < -0.3 is 19.3 Å². The van der Waals surface area contributed by atoms with Crippen molar-refractivity contribution in [2.75, 3.05) is 0 Å². The van der Waals surface area contributed by atoms with E-state index in [1.807, 2.05) is 13.8 Å². The van der Waals surface area contributed by atoms with Gasteiger partial charge in [-0.1, -0.05) is 32.1 Å². The van der Waals surface area contributed by atoms with Crippen molar-refractivity contribution in [1.29, 1.82) is 0 Å². The van der Waals surface area contributed by atoms with Crippen LogP contribution in [0.4, 0.5) is 0 Å². The minimum atomic E-state index is -1.16. The summed E-state index contributed by atoms with van der Waals surface area (Å²) in [5.41, 5.74) is 1.42. The molecule has 176 valence electrons. The maximum Gasteiger partial charge on any atom is 0.331 e. The van der Waals surface area contributed by atoms with E-state index in [0.29, 0.717) is 30.4 Å². The largest absolute Gasteiger partial charge is 0.478 e. The molecule has 0 aromatic heterocycles. The SMILES string of the molecule is C=C1CCC=C(C(=O)O)CCC2C(C(OC(C)=O)C(=O)CC(C)C)=COC(OC(C)=O)C12. The van der Waals surface area contributed by atoms with E-state index in [4.69, 9.17) is 14.2 Å². The Morgan fingerprint density at radius 1 is 1.19 bits per heavy atom. The predicted octanol–water partition coefficient (Wildman–Crippen LogP) is 3.71. The van der Waals surface area contributed by atoms with E-state index in [9.17, 15) is 24.3 Å². The van der Waals surface area contributed by atoms with Crippen LogP contribution in [0, 0.1) is 17.8 Å². The van der Waals surface area contributed by atoms with E-state index in [-0.39, 0.29) is 30.1 Å². The Morgan fingerprint density at radius 2 is 1.88 bits per heavy atom. The smallest absolute Gasteiger partial charge is 0.331 e. The van der Waals surface area contributed by atoms with E-state index in [0.717, 1.165) is 0 Å². The molecule has 0 saturated heterocycles. The van der Waals surface area contributed by atoms with Gasteiger partial charge in [0.15, 0.2) is 11.9 Å². The number of carbonyl (C=O) groups is 4. The average molecular weight is 449 g/mol. The summed E-state index contributed by atoms with van der Waals surface area (Å²) in [6, 6.07) is 0. The molecule has 8 heteroatoms. The number of carboxylic acids is 1. The number of hydrogen-bond donors (Lipinski definition) is 1. The zero-order chi connectivity index (χ0) is 24.0. The Kier molecular flexibility index (Phi) is 8.80. The van der Waals surface area contributed by atoms with Crippen molar-refractivity contribution >= 4 is 23.7 Å². The van der Waals surface area contributed by atoms with Crippen LogP contribution in [0.3, 0.4) is 0 Å². The first kappa shape index (κ1) is 25.4. The monoisotopic (exact) mass is 448 g/mol. The third-order valence-electron chi connectivity index (χ3n) is 5.59. The highest BCUT2D eigenvalue weighted by molar-refractivity contribution is 5.88. The van der Waals surface area contributed by atoms with Crippen LogP contribution in [-0.4, -0.2) is 41.2 Å². The molecule has 0 amide bonds. The molecule has 32 heavy (non-hydrogen) atoms. The molecule has 1 aliphatic carbocycles.